The summed E-state index contributed by atoms with van der Waals surface area (Å²) in [5.74, 6) is 0. The molecule has 1 unspecified atom stereocenters. The molecule has 0 saturated heterocycles. The van der Waals surface area contributed by atoms with E-state index < -0.39 is 0 Å². The molecule has 82 valence electrons. The summed E-state index contributed by atoms with van der Waals surface area (Å²) in [5.41, 5.74) is 6.74. The lowest BCUT2D eigenvalue weighted by Gasteiger charge is -2.09. The molecule has 1 aliphatic rings. The van der Waals surface area contributed by atoms with Crippen molar-refractivity contribution < 1.29 is 0 Å². The molecule has 3 heteroatoms. The molecular weight excluding hydrogens is 204 g/mol. The average Bonchev–Trinajstić information content (AvgIpc) is 2.71. The van der Waals surface area contributed by atoms with Crippen molar-refractivity contribution in [3.8, 4) is 0 Å². The summed E-state index contributed by atoms with van der Waals surface area (Å²) in [6.07, 6.45) is 7.47. The fourth-order valence-electron chi connectivity index (χ4n) is 1.93. The molecule has 1 aromatic heterocycles. The molecule has 1 saturated carbocycles. The molecular formula is C12H18N2S. The Balaban J connectivity index is 1.97. The second-order valence-electron chi connectivity index (χ2n) is 4.23. The number of hydrogen-bond donors (Lipinski definition) is 1. The van der Waals surface area contributed by atoms with Gasteiger partial charge >= 0.3 is 0 Å². The minimum absolute atomic E-state index is 0.0375. The number of hydrogen-bond acceptors (Lipinski definition) is 3. The SMILES string of the molecule is CC(N)c1ccc(SC2CCCC2)cn1. The Morgan fingerprint density at radius 3 is 2.67 bits per heavy atom. The van der Waals surface area contributed by atoms with E-state index in [2.05, 4.69) is 11.1 Å². The summed E-state index contributed by atoms with van der Waals surface area (Å²) in [7, 11) is 0. The van der Waals surface area contributed by atoms with E-state index in [1.165, 1.54) is 30.6 Å². The molecule has 1 aliphatic carbocycles. The van der Waals surface area contributed by atoms with Gasteiger partial charge < -0.3 is 5.73 Å². The molecule has 1 aromatic rings. The quantitative estimate of drug-likeness (QED) is 0.854. The maximum absolute atomic E-state index is 5.76. The Bertz CT molecular complexity index is 302. The second kappa shape index (κ2) is 4.99. The van der Waals surface area contributed by atoms with Crippen LogP contribution < -0.4 is 5.73 Å². The fourth-order valence-corrected chi connectivity index (χ4v) is 3.14. The molecule has 0 aromatic carbocycles. The van der Waals surface area contributed by atoms with Gasteiger partial charge in [0.25, 0.3) is 0 Å². The molecule has 0 bridgehead atoms. The lowest BCUT2D eigenvalue weighted by atomic mass is 10.2. The van der Waals surface area contributed by atoms with Gasteiger partial charge in [0.1, 0.15) is 0 Å². The van der Waals surface area contributed by atoms with Gasteiger partial charge in [-0.3, -0.25) is 4.98 Å². The van der Waals surface area contributed by atoms with E-state index in [4.69, 9.17) is 5.73 Å². The molecule has 0 spiro atoms. The zero-order valence-corrected chi connectivity index (χ0v) is 9.96. The van der Waals surface area contributed by atoms with Gasteiger partial charge in [-0.05, 0) is 31.9 Å². The summed E-state index contributed by atoms with van der Waals surface area (Å²) >= 11 is 1.97. The van der Waals surface area contributed by atoms with Gasteiger partial charge in [-0.1, -0.05) is 12.8 Å². The zero-order valence-electron chi connectivity index (χ0n) is 9.15. The van der Waals surface area contributed by atoms with Crippen LogP contribution in [-0.4, -0.2) is 10.2 Å². The standard InChI is InChI=1S/C12H18N2S/c1-9(13)12-7-6-11(8-14-12)15-10-4-2-3-5-10/h6-10H,2-5,13H2,1H3. The van der Waals surface area contributed by atoms with Crippen LogP contribution in [0, 0.1) is 0 Å². The smallest absolute Gasteiger partial charge is 0.0569 e. The Labute approximate surface area is 95.7 Å². The summed E-state index contributed by atoms with van der Waals surface area (Å²) < 4.78 is 0. The summed E-state index contributed by atoms with van der Waals surface area (Å²) in [6.45, 7) is 1.96. The first kappa shape index (κ1) is 11.0. The first-order chi connectivity index (χ1) is 7.25. The first-order valence-electron chi connectivity index (χ1n) is 5.64. The molecule has 1 heterocycles. The van der Waals surface area contributed by atoms with E-state index in [1.54, 1.807) is 0 Å². The Hall–Kier alpha value is -0.540. The van der Waals surface area contributed by atoms with Crippen molar-refractivity contribution in [3.05, 3.63) is 24.0 Å². The van der Waals surface area contributed by atoms with Gasteiger partial charge in [0.05, 0.1) is 5.69 Å². The third-order valence-corrected chi connectivity index (χ3v) is 4.15. The van der Waals surface area contributed by atoms with E-state index in [0.29, 0.717) is 0 Å². The van der Waals surface area contributed by atoms with E-state index in [0.717, 1.165) is 10.9 Å². The first-order valence-corrected chi connectivity index (χ1v) is 6.52. The van der Waals surface area contributed by atoms with Gasteiger partial charge in [0.2, 0.25) is 0 Å². The van der Waals surface area contributed by atoms with E-state index >= 15 is 0 Å². The predicted molar refractivity (Wildman–Crippen MR) is 65.0 cm³/mol. The topological polar surface area (TPSA) is 38.9 Å². The van der Waals surface area contributed by atoms with E-state index in [1.807, 2.05) is 30.9 Å². The second-order valence-corrected chi connectivity index (χ2v) is 5.61. The van der Waals surface area contributed by atoms with Crippen LogP contribution in [0.25, 0.3) is 0 Å². The number of pyridine rings is 1. The molecule has 2 nitrogen and oxygen atoms in total. The maximum atomic E-state index is 5.76. The van der Waals surface area contributed by atoms with Crippen molar-refractivity contribution in [3.63, 3.8) is 0 Å². The van der Waals surface area contributed by atoms with Gasteiger partial charge in [0.15, 0.2) is 0 Å². The lowest BCUT2D eigenvalue weighted by molar-refractivity contribution is 0.777. The maximum Gasteiger partial charge on any atom is 0.0569 e. The molecule has 0 aliphatic heterocycles. The minimum atomic E-state index is 0.0375. The summed E-state index contributed by atoms with van der Waals surface area (Å²) in [6, 6.07) is 4.23. The van der Waals surface area contributed by atoms with Gasteiger partial charge in [-0.15, -0.1) is 11.8 Å². The van der Waals surface area contributed by atoms with Crippen LogP contribution >= 0.6 is 11.8 Å². The Morgan fingerprint density at radius 2 is 2.13 bits per heavy atom. The third kappa shape index (κ3) is 2.95. The van der Waals surface area contributed by atoms with Crippen molar-refractivity contribution in [2.45, 2.75) is 48.8 Å². The van der Waals surface area contributed by atoms with E-state index in [-0.39, 0.29) is 6.04 Å². The van der Waals surface area contributed by atoms with Crippen molar-refractivity contribution >= 4 is 11.8 Å². The number of nitrogens with zero attached hydrogens (tertiary/aromatic N) is 1. The Kier molecular flexibility index (Phi) is 3.65. The molecule has 1 fully saturated rings. The van der Waals surface area contributed by atoms with Crippen molar-refractivity contribution in [1.82, 2.24) is 4.98 Å². The van der Waals surface area contributed by atoms with Crippen LogP contribution in [0.4, 0.5) is 0 Å². The highest BCUT2D eigenvalue weighted by atomic mass is 32.2. The highest BCUT2D eigenvalue weighted by molar-refractivity contribution is 8.00. The number of aromatic nitrogens is 1. The lowest BCUT2D eigenvalue weighted by Crippen LogP contribution is -2.06. The van der Waals surface area contributed by atoms with Crippen LogP contribution in [0.3, 0.4) is 0 Å². The van der Waals surface area contributed by atoms with E-state index in [9.17, 15) is 0 Å². The van der Waals surface area contributed by atoms with Crippen molar-refractivity contribution in [2.75, 3.05) is 0 Å². The molecule has 0 amide bonds. The molecule has 0 radical (unpaired) electrons. The van der Waals surface area contributed by atoms with Crippen LogP contribution in [-0.2, 0) is 0 Å². The molecule has 2 rings (SSSR count). The van der Waals surface area contributed by atoms with Crippen molar-refractivity contribution in [2.24, 2.45) is 5.73 Å². The largest absolute Gasteiger partial charge is 0.323 e. The monoisotopic (exact) mass is 222 g/mol. The molecule has 2 N–H and O–H groups in total. The summed E-state index contributed by atoms with van der Waals surface area (Å²) in [5, 5.41) is 0.813. The highest BCUT2D eigenvalue weighted by Crippen LogP contribution is 2.34. The normalized spacial score (nSPS) is 19.3. The van der Waals surface area contributed by atoms with Crippen LogP contribution in [0.15, 0.2) is 23.2 Å². The zero-order chi connectivity index (χ0) is 10.7. The van der Waals surface area contributed by atoms with Crippen LogP contribution in [0.2, 0.25) is 0 Å². The van der Waals surface area contributed by atoms with Gasteiger partial charge in [-0.25, -0.2) is 0 Å². The number of thioether (sulfide) groups is 1. The minimum Gasteiger partial charge on any atom is -0.323 e. The van der Waals surface area contributed by atoms with Gasteiger partial charge in [0, 0.05) is 22.4 Å². The molecule has 1 atom stereocenters. The number of nitrogens with two attached hydrogens (primary N) is 1. The third-order valence-electron chi connectivity index (χ3n) is 2.83. The van der Waals surface area contributed by atoms with Crippen LogP contribution in [0.5, 0.6) is 0 Å². The van der Waals surface area contributed by atoms with Crippen molar-refractivity contribution in [1.29, 1.82) is 0 Å². The fraction of sp³-hybridized carbons (Fsp3) is 0.583. The van der Waals surface area contributed by atoms with Crippen LogP contribution in [0.1, 0.15) is 44.3 Å². The van der Waals surface area contributed by atoms with Gasteiger partial charge in [-0.2, -0.15) is 0 Å². The molecule has 15 heavy (non-hydrogen) atoms. The number of rotatable bonds is 3. The average molecular weight is 222 g/mol. The predicted octanol–water partition coefficient (Wildman–Crippen LogP) is 3.14. The summed E-state index contributed by atoms with van der Waals surface area (Å²) in [4.78, 5) is 5.66. The Morgan fingerprint density at radius 1 is 1.40 bits per heavy atom. The highest BCUT2D eigenvalue weighted by Gasteiger charge is 2.16.